The minimum absolute atomic E-state index is 0.278. The fraction of sp³-hybridized carbons (Fsp3) is 0.190. The van der Waals surface area contributed by atoms with Gasteiger partial charge >= 0.3 is 0 Å². The van der Waals surface area contributed by atoms with Crippen molar-refractivity contribution in [2.75, 3.05) is 17.7 Å². The average molecular weight is 362 g/mol. The lowest BCUT2D eigenvalue weighted by molar-refractivity contribution is 0.102. The highest BCUT2D eigenvalue weighted by Gasteiger charge is 2.13. The number of aromatic nitrogens is 2. The Morgan fingerprint density at radius 1 is 0.963 bits per heavy atom. The number of para-hydroxylation sites is 2. The molecule has 0 fully saturated rings. The summed E-state index contributed by atoms with van der Waals surface area (Å²) >= 11 is 0. The highest BCUT2D eigenvalue weighted by atomic mass is 16.5. The monoisotopic (exact) mass is 362 g/mol. The Morgan fingerprint density at radius 3 is 2.48 bits per heavy atom. The zero-order valence-corrected chi connectivity index (χ0v) is 15.8. The van der Waals surface area contributed by atoms with Gasteiger partial charge in [0.2, 0.25) is 0 Å². The smallest absolute Gasteiger partial charge is 0.274 e. The van der Waals surface area contributed by atoms with Crippen LogP contribution in [0.15, 0.2) is 48.5 Å². The highest BCUT2D eigenvalue weighted by molar-refractivity contribution is 6.04. The second-order valence-electron chi connectivity index (χ2n) is 6.26. The predicted molar refractivity (Wildman–Crippen MR) is 107 cm³/mol. The lowest BCUT2D eigenvalue weighted by atomic mass is 10.1. The number of rotatable bonds is 5. The molecule has 6 heteroatoms. The number of benzene rings is 2. The van der Waals surface area contributed by atoms with Crippen molar-refractivity contribution in [1.82, 2.24) is 9.97 Å². The summed E-state index contributed by atoms with van der Waals surface area (Å²) in [6.45, 7) is 5.87. The first kappa shape index (κ1) is 18.4. The molecule has 0 aliphatic carbocycles. The third-order valence-corrected chi connectivity index (χ3v) is 4.21. The number of carbonyl (C=O) groups excluding carboxylic acids is 1. The van der Waals surface area contributed by atoms with Crippen LogP contribution in [0.2, 0.25) is 0 Å². The molecule has 3 aromatic rings. The van der Waals surface area contributed by atoms with Gasteiger partial charge in [0.25, 0.3) is 5.91 Å². The average Bonchev–Trinajstić information content (AvgIpc) is 2.64. The summed E-state index contributed by atoms with van der Waals surface area (Å²) in [4.78, 5) is 21.3. The van der Waals surface area contributed by atoms with Crippen LogP contribution in [0.4, 0.5) is 17.2 Å². The Balaban J connectivity index is 1.84. The van der Waals surface area contributed by atoms with E-state index in [1.807, 2.05) is 30.3 Å². The quantitative estimate of drug-likeness (QED) is 0.703. The number of aryl methyl sites for hydroxylation is 3. The number of hydrogen-bond acceptors (Lipinski definition) is 5. The first-order valence-corrected chi connectivity index (χ1v) is 8.60. The Hall–Kier alpha value is -3.41. The van der Waals surface area contributed by atoms with Crippen molar-refractivity contribution in [2.45, 2.75) is 20.8 Å². The Morgan fingerprint density at radius 2 is 1.74 bits per heavy atom. The second-order valence-corrected chi connectivity index (χ2v) is 6.26. The SMILES string of the molecule is COc1ccccc1NC(=O)c1cc(Nc2ccc(C)c(C)c2)nc(C)n1. The van der Waals surface area contributed by atoms with E-state index >= 15 is 0 Å². The van der Waals surface area contributed by atoms with Crippen molar-refractivity contribution in [3.05, 3.63) is 71.2 Å². The summed E-state index contributed by atoms with van der Waals surface area (Å²) in [5, 5.41) is 6.07. The molecule has 6 nitrogen and oxygen atoms in total. The summed E-state index contributed by atoms with van der Waals surface area (Å²) in [5.41, 5.74) is 4.17. The molecule has 27 heavy (non-hydrogen) atoms. The van der Waals surface area contributed by atoms with E-state index < -0.39 is 0 Å². The molecule has 1 amide bonds. The van der Waals surface area contributed by atoms with Crippen molar-refractivity contribution in [1.29, 1.82) is 0 Å². The van der Waals surface area contributed by atoms with Gasteiger partial charge in [0.1, 0.15) is 23.1 Å². The van der Waals surface area contributed by atoms with Gasteiger partial charge in [0, 0.05) is 11.8 Å². The van der Waals surface area contributed by atoms with Gasteiger partial charge in [-0.25, -0.2) is 9.97 Å². The molecule has 0 unspecified atom stereocenters. The molecule has 2 aromatic carbocycles. The number of hydrogen-bond donors (Lipinski definition) is 2. The first-order valence-electron chi connectivity index (χ1n) is 8.60. The zero-order valence-electron chi connectivity index (χ0n) is 15.8. The van der Waals surface area contributed by atoms with Crippen molar-refractivity contribution in [2.24, 2.45) is 0 Å². The number of nitrogens with one attached hydrogen (secondary N) is 2. The maximum absolute atomic E-state index is 12.7. The normalized spacial score (nSPS) is 10.4. The summed E-state index contributed by atoms with van der Waals surface area (Å²) in [6.07, 6.45) is 0. The van der Waals surface area contributed by atoms with E-state index in [1.54, 1.807) is 32.2 Å². The lowest BCUT2D eigenvalue weighted by Crippen LogP contribution is -2.16. The van der Waals surface area contributed by atoms with E-state index in [0.29, 0.717) is 23.1 Å². The fourth-order valence-electron chi connectivity index (χ4n) is 2.65. The van der Waals surface area contributed by atoms with E-state index in [2.05, 4.69) is 34.4 Å². The van der Waals surface area contributed by atoms with Crippen LogP contribution in [-0.2, 0) is 0 Å². The van der Waals surface area contributed by atoms with Gasteiger partial charge < -0.3 is 15.4 Å². The summed E-state index contributed by atoms with van der Waals surface area (Å²) < 4.78 is 5.27. The van der Waals surface area contributed by atoms with Gasteiger partial charge in [-0.2, -0.15) is 0 Å². The molecule has 1 aromatic heterocycles. The van der Waals surface area contributed by atoms with Crippen molar-refractivity contribution in [3.8, 4) is 5.75 Å². The number of amides is 1. The van der Waals surface area contributed by atoms with Gasteiger partial charge in [0.05, 0.1) is 12.8 Å². The van der Waals surface area contributed by atoms with Gasteiger partial charge in [-0.1, -0.05) is 18.2 Å². The predicted octanol–water partition coefficient (Wildman–Crippen LogP) is 4.41. The molecular formula is C21H22N4O2. The van der Waals surface area contributed by atoms with E-state index in [-0.39, 0.29) is 11.6 Å². The minimum atomic E-state index is -0.326. The second kappa shape index (κ2) is 7.86. The molecule has 0 saturated heterocycles. The van der Waals surface area contributed by atoms with E-state index in [0.717, 1.165) is 5.69 Å². The Kier molecular flexibility index (Phi) is 5.35. The first-order chi connectivity index (χ1) is 13.0. The molecule has 2 N–H and O–H groups in total. The Labute approximate surface area is 158 Å². The number of nitrogens with zero attached hydrogens (tertiary/aromatic N) is 2. The molecule has 0 radical (unpaired) electrons. The van der Waals surface area contributed by atoms with Gasteiger partial charge in [-0.3, -0.25) is 4.79 Å². The maximum atomic E-state index is 12.7. The standard InChI is InChI=1S/C21H22N4O2/c1-13-9-10-16(11-14(13)2)24-20-12-18(22-15(3)23-20)21(26)25-17-7-5-6-8-19(17)27-4/h5-12H,1-4H3,(H,25,26)(H,22,23,24). The van der Waals surface area contributed by atoms with E-state index in [1.165, 1.54) is 11.1 Å². The fourth-order valence-corrected chi connectivity index (χ4v) is 2.65. The van der Waals surface area contributed by atoms with Crippen LogP contribution in [0.25, 0.3) is 0 Å². The van der Waals surface area contributed by atoms with Gasteiger partial charge in [-0.05, 0) is 56.2 Å². The third-order valence-electron chi connectivity index (χ3n) is 4.21. The van der Waals surface area contributed by atoms with Crippen LogP contribution in [-0.4, -0.2) is 23.0 Å². The molecule has 3 rings (SSSR count). The van der Waals surface area contributed by atoms with Crippen molar-refractivity contribution < 1.29 is 9.53 Å². The molecule has 0 saturated carbocycles. The lowest BCUT2D eigenvalue weighted by Gasteiger charge is -2.12. The summed E-state index contributed by atoms with van der Waals surface area (Å²) in [6, 6.07) is 14.9. The molecule has 0 spiro atoms. The largest absolute Gasteiger partial charge is 0.495 e. The Bertz CT molecular complexity index is 986. The number of carbonyl (C=O) groups is 1. The third kappa shape index (κ3) is 4.41. The van der Waals surface area contributed by atoms with Crippen LogP contribution in [0.5, 0.6) is 5.75 Å². The molecule has 0 bridgehead atoms. The van der Waals surface area contributed by atoms with Crippen LogP contribution in [0.1, 0.15) is 27.4 Å². The van der Waals surface area contributed by atoms with Gasteiger partial charge in [-0.15, -0.1) is 0 Å². The minimum Gasteiger partial charge on any atom is -0.495 e. The maximum Gasteiger partial charge on any atom is 0.274 e. The van der Waals surface area contributed by atoms with Crippen LogP contribution in [0, 0.1) is 20.8 Å². The number of ether oxygens (including phenoxy) is 1. The molecule has 0 aliphatic heterocycles. The molecule has 0 atom stereocenters. The van der Waals surface area contributed by atoms with E-state index in [4.69, 9.17) is 4.74 Å². The van der Waals surface area contributed by atoms with Crippen LogP contribution >= 0.6 is 0 Å². The van der Waals surface area contributed by atoms with E-state index in [9.17, 15) is 4.79 Å². The van der Waals surface area contributed by atoms with Crippen LogP contribution in [0.3, 0.4) is 0 Å². The van der Waals surface area contributed by atoms with Crippen molar-refractivity contribution >= 4 is 23.1 Å². The molecule has 1 heterocycles. The van der Waals surface area contributed by atoms with Crippen molar-refractivity contribution in [3.63, 3.8) is 0 Å². The molecular weight excluding hydrogens is 340 g/mol. The summed E-state index contributed by atoms with van der Waals surface area (Å²) in [7, 11) is 1.56. The van der Waals surface area contributed by atoms with Crippen LogP contribution < -0.4 is 15.4 Å². The number of methoxy groups -OCH3 is 1. The number of anilines is 3. The van der Waals surface area contributed by atoms with Gasteiger partial charge in [0.15, 0.2) is 0 Å². The zero-order chi connectivity index (χ0) is 19.4. The summed E-state index contributed by atoms with van der Waals surface area (Å²) in [5.74, 6) is 1.34. The highest BCUT2D eigenvalue weighted by Crippen LogP contribution is 2.24. The molecule has 0 aliphatic rings. The topological polar surface area (TPSA) is 76.1 Å². The molecule has 138 valence electrons.